The summed E-state index contributed by atoms with van der Waals surface area (Å²) in [6, 6.07) is 0. The summed E-state index contributed by atoms with van der Waals surface area (Å²) >= 11 is 0. The van der Waals surface area contributed by atoms with Gasteiger partial charge < -0.3 is 5.43 Å². The third kappa shape index (κ3) is 0.853. The van der Waals surface area contributed by atoms with Crippen LogP contribution in [0.5, 0.6) is 0 Å². The van der Waals surface area contributed by atoms with Gasteiger partial charge in [-0.25, -0.2) is 5.01 Å². The maximum absolute atomic E-state index is 4.16. The number of rotatable bonds is 0. The van der Waals surface area contributed by atoms with E-state index < -0.39 is 0 Å². The second-order valence-electron chi connectivity index (χ2n) is 2.40. The highest BCUT2D eigenvalue weighted by molar-refractivity contribution is 5.85. The number of amidine groups is 1. The van der Waals surface area contributed by atoms with Gasteiger partial charge in [-0.2, -0.15) is 10.2 Å². The van der Waals surface area contributed by atoms with Crippen LogP contribution in [0.1, 0.15) is 12.8 Å². The van der Waals surface area contributed by atoms with Gasteiger partial charge in [0.25, 0.3) is 0 Å². The smallest absolute Gasteiger partial charge is 0.146 e. The van der Waals surface area contributed by atoms with Gasteiger partial charge in [-0.15, -0.1) is 0 Å². The van der Waals surface area contributed by atoms with E-state index in [-0.39, 0.29) is 0 Å². The number of hydrogen-bond acceptors (Lipinski definition) is 4. The van der Waals surface area contributed by atoms with Crippen LogP contribution in [0.3, 0.4) is 0 Å². The summed E-state index contributed by atoms with van der Waals surface area (Å²) < 4.78 is 0. The molecule has 0 unspecified atom stereocenters. The van der Waals surface area contributed by atoms with Crippen molar-refractivity contribution < 1.29 is 0 Å². The Bertz CT molecular complexity index is 184. The molecule has 0 aromatic heterocycles. The van der Waals surface area contributed by atoms with E-state index in [4.69, 9.17) is 0 Å². The van der Waals surface area contributed by atoms with Gasteiger partial charge in [0.05, 0.1) is 0 Å². The Morgan fingerprint density at radius 2 is 2.60 bits per heavy atom. The summed E-state index contributed by atoms with van der Waals surface area (Å²) in [5.74, 6) is 1.08. The first-order chi connectivity index (χ1) is 4.97. The Hall–Kier alpha value is -1.06. The molecule has 4 nitrogen and oxygen atoms in total. The van der Waals surface area contributed by atoms with E-state index in [9.17, 15) is 0 Å². The van der Waals surface area contributed by atoms with Crippen molar-refractivity contribution in [1.82, 2.24) is 10.4 Å². The molecule has 0 atom stereocenters. The molecule has 0 radical (unpaired) electrons. The molecule has 0 bridgehead atoms. The molecule has 0 aromatic rings. The molecule has 2 aliphatic rings. The quantitative estimate of drug-likeness (QED) is 0.511. The first-order valence-corrected chi connectivity index (χ1v) is 3.56. The predicted molar refractivity (Wildman–Crippen MR) is 39.9 cm³/mol. The minimum Gasteiger partial charge on any atom is -0.308 e. The van der Waals surface area contributed by atoms with Crippen LogP contribution < -0.4 is 5.43 Å². The fourth-order valence-corrected chi connectivity index (χ4v) is 1.15. The average Bonchev–Trinajstić information content (AvgIpc) is 2.59. The van der Waals surface area contributed by atoms with E-state index in [1.165, 1.54) is 0 Å². The molecule has 54 valence electrons. The molecular formula is C6H10N4. The zero-order chi connectivity index (χ0) is 6.81. The van der Waals surface area contributed by atoms with Crippen molar-refractivity contribution in [2.75, 3.05) is 13.1 Å². The van der Waals surface area contributed by atoms with E-state index >= 15 is 0 Å². The van der Waals surface area contributed by atoms with E-state index in [1.807, 2.05) is 11.2 Å². The number of hydrazone groups is 2. The van der Waals surface area contributed by atoms with Crippen molar-refractivity contribution in [3.63, 3.8) is 0 Å². The second kappa shape index (κ2) is 2.28. The lowest BCUT2D eigenvalue weighted by molar-refractivity contribution is 0.484. The lowest BCUT2D eigenvalue weighted by atomic mass is 10.4. The minimum absolute atomic E-state index is 0.960. The van der Waals surface area contributed by atoms with Crippen LogP contribution in [0, 0.1) is 0 Å². The predicted octanol–water partition coefficient (Wildman–Crippen LogP) is -0.0153. The summed E-state index contributed by atoms with van der Waals surface area (Å²) in [5, 5.41) is 10.2. The van der Waals surface area contributed by atoms with Gasteiger partial charge in [0.2, 0.25) is 0 Å². The molecule has 0 fully saturated rings. The summed E-state index contributed by atoms with van der Waals surface area (Å²) in [7, 11) is 0. The second-order valence-corrected chi connectivity index (χ2v) is 2.40. The van der Waals surface area contributed by atoms with Crippen molar-refractivity contribution in [2.45, 2.75) is 12.8 Å². The van der Waals surface area contributed by atoms with Crippen LogP contribution in [0.15, 0.2) is 10.2 Å². The van der Waals surface area contributed by atoms with Gasteiger partial charge in [0.1, 0.15) is 5.84 Å². The summed E-state index contributed by atoms with van der Waals surface area (Å²) in [4.78, 5) is 0. The Kier molecular flexibility index (Phi) is 1.30. The van der Waals surface area contributed by atoms with Crippen LogP contribution in [0.4, 0.5) is 0 Å². The Balaban J connectivity index is 2.04. The highest BCUT2D eigenvalue weighted by Gasteiger charge is 2.15. The van der Waals surface area contributed by atoms with E-state index in [2.05, 4.69) is 15.6 Å². The Morgan fingerprint density at radius 3 is 3.20 bits per heavy atom. The average molecular weight is 138 g/mol. The lowest BCUT2D eigenvalue weighted by Crippen LogP contribution is -2.21. The number of hydrogen-bond donors (Lipinski definition) is 1. The molecule has 10 heavy (non-hydrogen) atoms. The van der Waals surface area contributed by atoms with Crippen molar-refractivity contribution in [3.05, 3.63) is 0 Å². The zero-order valence-electron chi connectivity index (χ0n) is 5.75. The molecule has 4 heteroatoms. The molecular weight excluding hydrogens is 128 g/mol. The molecule has 2 heterocycles. The molecule has 2 rings (SSSR count). The van der Waals surface area contributed by atoms with Crippen molar-refractivity contribution in [1.29, 1.82) is 0 Å². The maximum Gasteiger partial charge on any atom is 0.146 e. The van der Waals surface area contributed by atoms with Crippen molar-refractivity contribution in [2.24, 2.45) is 10.2 Å². The highest BCUT2D eigenvalue weighted by atomic mass is 15.5. The fourth-order valence-electron chi connectivity index (χ4n) is 1.15. The standard InChI is InChI=1S/C6H10N4/c1-3-8-10(5-1)6-2-4-7-9-6/h3,7H,1-2,4-5H2. The van der Waals surface area contributed by atoms with E-state index in [1.54, 1.807) is 0 Å². The Morgan fingerprint density at radius 1 is 1.60 bits per heavy atom. The topological polar surface area (TPSA) is 40.0 Å². The van der Waals surface area contributed by atoms with Crippen LogP contribution >= 0.6 is 0 Å². The monoisotopic (exact) mass is 138 g/mol. The van der Waals surface area contributed by atoms with Gasteiger partial charge >= 0.3 is 0 Å². The summed E-state index contributed by atoms with van der Waals surface area (Å²) in [5.41, 5.74) is 2.92. The summed E-state index contributed by atoms with van der Waals surface area (Å²) in [6.07, 6.45) is 4.00. The first kappa shape index (κ1) is 5.70. The fraction of sp³-hybridized carbons (Fsp3) is 0.667. The zero-order valence-corrected chi connectivity index (χ0v) is 5.75. The van der Waals surface area contributed by atoms with Crippen LogP contribution in [-0.4, -0.2) is 30.1 Å². The molecule has 0 aliphatic carbocycles. The molecule has 0 amide bonds. The van der Waals surface area contributed by atoms with Gasteiger partial charge in [0, 0.05) is 32.1 Å². The van der Waals surface area contributed by atoms with Crippen molar-refractivity contribution in [3.8, 4) is 0 Å². The Labute approximate surface area is 59.6 Å². The van der Waals surface area contributed by atoms with Gasteiger partial charge in [0.15, 0.2) is 0 Å². The lowest BCUT2D eigenvalue weighted by Gasteiger charge is -2.10. The number of nitrogens with zero attached hydrogens (tertiary/aromatic N) is 3. The van der Waals surface area contributed by atoms with Crippen LogP contribution in [-0.2, 0) is 0 Å². The molecule has 0 saturated heterocycles. The molecule has 0 spiro atoms. The van der Waals surface area contributed by atoms with Gasteiger partial charge in [-0.3, -0.25) is 0 Å². The van der Waals surface area contributed by atoms with Crippen LogP contribution in [0.2, 0.25) is 0 Å². The third-order valence-electron chi connectivity index (χ3n) is 1.66. The highest BCUT2D eigenvalue weighted by Crippen LogP contribution is 2.06. The van der Waals surface area contributed by atoms with Crippen LogP contribution in [0.25, 0.3) is 0 Å². The first-order valence-electron chi connectivity index (χ1n) is 3.56. The third-order valence-corrected chi connectivity index (χ3v) is 1.66. The van der Waals surface area contributed by atoms with E-state index in [0.717, 1.165) is 31.8 Å². The minimum atomic E-state index is 0.960. The normalized spacial score (nSPS) is 23.2. The van der Waals surface area contributed by atoms with Crippen molar-refractivity contribution >= 4 is 12.1 Å². The van der Waals surface area contributed by atoms with E-state index in [0.29, 0.717) is 0 Å². The number of nitrogens with one attached hydrogen (secondary N) is 1. The molecule has 2 aliphatic heterocycles. The molecule has 0 saturated carbocycles. The SMILES string of the molecule is C1=NN(C2=NNCC2)CC1. The van der Waals surface area contributed by atoms with Gasteiger partial charge in [-0.1, -0.05) is 0 Å². The largest absolute Gasteiger partial charge is 0.308 e. The maximum atomic E-state index is 4.16. The van der Waals surface area contributed by atoms with Gasteiger partial charge in [-0.05, 0) is 0 Å². The summed E-state index contributed by atoms with van der Waals surface area (Å²) in [6.45, 7) is 1.96. The molecule has 0 aromatic carbocycles. The molecule has 1 N–H and O–H groups in total.